The van der Waals surface area contributed by atoms with Crippen LogP contribution in [0.1, 0.15) is 44.9 Å². The Balaban J connectivity index is 1.90. The van der Waals surface area contributed by atoms with Crippen molar-refractivity contribution in [3.63, 3.8) is 0 Å². The second kappa shape index (κ2) is 5.90. The number of nitrogens with two attached hydrogens (primary N) is 1. The van der Waals surface area contributed by atoms with E-state index in [0.717, 1.165) is 38.5 Å². The Morgan fingerprint density at radius 3 is 2.26 bits per heavy atom. The molecule has 0 spiro atoms. The van der Waals surface area contributed by atoms with Crippen LogP contribution in [0.25, 0.3) is 0 Å². The highest BCUT2D eigenvalue weighted by atomic mass is 16.4. The summed E-state index contributed by atoms with van der Waals surface area (Å²) in [6.45, 7) is 1.83. The highest BCUT2D eigenvalue weighted by Gasteiger charge is 2.42. The van der Waals surface area contributed by atoms with Crippen LogP contribution < -0.4 is 5.73 Å². The molecule has 3 N–H and O–H groups in total. The molecule has 0 radical (unpaired) electrons. The van der Waals surface area contributed by atoms with Gasteiger partial charge in [0.1, 0.15) is 0 Å². The highest BCUT2D eigenvalue weighted by molar-refractivity contribution is 5.83. The molecule has 1 saturated carbocycles. The molecule has 0 atom stereocenters. The minimum atomic E-state index is -0.737. The fraction of sp³-hybridized carbons (Fsp3) is 0.857. The third kappa shape index (κ3) is 3.08. The molecule has 1 heterocycles. The Morgan fingerprint density at radius 2 is 1.79 bits per heavy atom. The number of carboxylic acid groups (broad SMARTS) is 1. The molecular formula is C14H24N2O3. The van der Waals surface area contributed by atoms with Gasteiger partial charge >= 0.3 is 5.97 Å². The average molecular weight is 268 g/mol. The second-order valence-corrected chi connectivity index (χ2v) is 6.03. The zero-order chi connectivity index (χ0) is 13.9. The van der Waals surface area contributed by atoms with Crippen molar-refractivity contribution < 1.29 is 14.7 Å². The van der Waals surface area contributed by atoms with E-state index in [9.17, 15) is 9.59 Å². The van der Waals surface area contributed by atoms with E-state index in [1.807, 2.05) is 4.90 Å². The Kier molecular flexibility index (Phi) is 4.45. The van der Waals surface area contributed by atoms with Crippen molar-refractivity contribution in [1.29, 1.82) is 0 Å². The van der Waals surface area contributed by atoms with E-state index < -0.39 is 5.97 Å². The quantitative estimate of drug-likeness (QED) is 0.803. The van der Waals surface area contributed by atoms with Crippen LogP contribution in [0, 0.1) is 11.3 Å². The predicted octanol–water partition coefficient (Wildman–Crippen LogP) is 1.22. The van der Waals surface area contributed by atoms with E-state index in [1.54, 1.807) is 0 Å². The normalized spacial score (nSPS) is 23.5. The maximum Gasteiger partial charge on any atom is 0.303 e. The van der Waals surface area contributed by atoms with Gasteiger partial charge in [-0.15, -0.1) is 0 Å². The summed E-state index contributed by atoms with van der Waals surface area (Å²) in [7, 11) is 0. The third-order valence-electron chi connectivity index (χ3n) is 4.77. The fourth-order valence-corrected chi connectivity index (χ4v) is 3.48. The molecule has 2 rings (SSSR count). The van der Waals surface area contributed by atoms with Gasteiger partial charge in [-0.3, -0.25) is 9.59 Å². The van der Waals surface area contributed by atoms with Gasteiger partial charge in [-0.25, -0.2) is 0 Å². The van der Waals surface area contributed by atoms with Gasteiger partial charge in [0.15, 0.2) is 0 Å². The monoisotopic (exact) mass is 268 g/mol. The lowest BCUT2D eigenvalue weighted by atomic mass is 9.83. The average Bonchev–Trinajstić information content (AvgIpc) is 2.88. The minimum Gasteiger partial charge on any atom is -0.481 e. The van der Waals surface area contributed by atoms with Crippen LogP contribution in [0.5, 0.6) is 0 Å². The van der Waals surface area contributed by atoms with E-state index in [1.165, 1.54) is 0 Å². The molecule has 0 aromatic rings. The molecule has 108 valence electrons. The topological polar surface area (TPSA) is 83.6 Å². The largest absolute Gasteiger partial charge is 0.481 e. The van der Waals surface area contributed by atoms with Gasteiger partial charge in [0, 0.05) is 26.1 Å². The summed E-state index contributed by atoms with van der Waals surface area (Å²) in [5, 5.41) is 8.80. The minimum absolute atomic E-state index is 0.210. The van der Waals surface area contributed by atoms with Crippen LogP contribution in [0.3, 0.4) is 0 Å². The highest BCUT2D eigenvalue weighted by Crippen LogP contribution is 2.39. The Labute approximate surface area is 114 Å². The zero-order valence-electron chi connectivity index (χ0n) is 11.4. The van der Waals surface area contributed by atoms with E-state index in [-0.39, 0.29) is 23.7 Å². The van der Waals surface area contributed by atoms with E-state index in [4.69, 9.17) is 10.8 Å². The molecule has 0 unspecified atom stereocenters. The molecule has 0 aromatic heterocycles. The number of likely N-dealkylation sites (tertiary alicyclic amines) is 1. The van der Waals surface area contributed by atoms with Gasteiger partial charge in [0.05, 0.1) is 5.41 Å². The number of carbonyl (C=O) groups is 2. The van der Waals surface area contributed by atoms with Crippen LogP contribution in [0.4, 0.5) is 0 Å². The Bertz CT molecular complexity index is 343. The molecule has 1 aliphatic heterocycles. The van der Waals surface area contributed by atoms with Crippen LogP contribution in [0.2, 0.25) is 0 Å². The maximum absolute atomic E-state index is 12.6. The smallest absolute Gasteiger partial charge is 0.303 e. The summed E-state index contributed by atoms with van der Waals surface area (Å²) in [6.07, 6.45) is 5.85. The first-order valence-electron chi connectivity index (χ1n) is 7.29. The number of carbonyl (C=O) groups excluding carboxylic acids is 1. The second-order valence-electron chi connectivity index (χ2n) is 6.03. The first kappa shape index (κ1) is 14.3. The maximum atomic E-state index is 12.6. The Morgan fingerprint density at radius 1 is 1.21 bits per heavy atom. The van der Waals surface area contributed by atoms with Crippen molar-refractivity contribution in [1.82, 2.24) is 4.90 Å². The van der Waals surface area contributed by atoms with Crippen molar-refractivity contribution in [2.75, 3.05) is 19.6 Å². The molecule has 5 nitrogen and oxygen atoms in total. The lowest BCUT2D eigenvalue weighted by molar-refractivity contribution is -0.143. The molecule has 2 fully saturated rings. The summed E-state index contributed by atoms with van der Waals surface area (Å²) < 4.78 is 0. The van der Waals surface area contributed by atoms with Gasteiger partial charge < -0.3 is 15.7 Å². The number of piperidine rings is 1. The van der Waals surface area contributed by atoms with E-state index in [0.29, 0.717) is 19.6 Å². The molecule has 1 amide bonds. The summed E-state index contributed by atoms with van der Waals surface area (Å²) in [6, 6.07) is 0. The third-order valence-corrected chi connectivity index (χ3v) is 4.77. The van der Waals surface area contributed by atoms with E-state index in [2.05, 4.69) is 0 Å². The van der Waals surface area contributed by atoms with Crippen molar-refractivity contribution >= 4 is 11.9 Å². The SMILES string of the molecule is NCC1(C(=O)N2CCC(CC(=O)O)CC2)CCCC1. The number of rotatable bonds is 4. The van der Waals surface area contributed by atoms with Crippen LogP contribution >= 0.6 is 0 Å². The number of amides is 1. The van der Waals surface area contributed by atoms with Gasteiger partial charge in [-0.1, -0.05) is 12.8 Å². The molecule has 5 heteroatoms. The van der Waals surface area contributed by atoms with Gasteiger partial charge in [0.25, 0.3) is 0 Å². The zero-order valence-corrected chi connectivity index (χ0v) is 11.4. The summed E-state index contributed by atoms with van der Waals surface area (Å²) >= 11 is 0. The lowest BCUT2D eigenvalue weighted by Crippen LogP contribution is -2.49. The van der Waals surface area contributed by atoms with Crippen LogP contribution in [-0.4, -0.2) is 41.5 Å². The lowest BCUT2D eigenvalue weighted by Gasteiger charge is -2.37. The number of hydrogen-bond acceptors (Lipinski definition) is 3. The predicted molar refractivity (Wildman–Crippen MR) is 71.5 cm³/mol. The molecule has 1 aliphatic carbocycles. The fourth-order valence-electron chi connectivity index (χ4n) is 3.48. The molecule has 1 saturated heterocycles. The molecular weight excluding hydrogens is 244 g/mol. The Hall–Kier alpha value is -1.10. The number of aliphatic carboxylic acids is 1. The van der Waals surface area contributed by atoms with Crippen molar-refractivity contribution in [3.05, 3.63) is 0 Å². The van der Waals surface area contributed by atoms with Crippen LogP contribution in [-0.2, 0) is 9.59 Å². The standard InChI is InChI=1S/C14H24N2O3/c15-10-14(5-1-2-6-14)13(19)16-7-3-11(4-8-16)9-12(17)18/h11H,1-10,15H2,(H,17,18). The summed E-state index contributed by atoms with van der Waals surface area (Å²) in [5.41, 5.74) is 5.52. The number of hydrogen-bond donors (Lipinski definition) is 2. The van der Waals surface area contributed by atoms with Crippen molar-refractivity contribution in [3.8, 4) is 0 Å². The molecule has 2 aliphatic rings. The van der Waals surface area contributed by atoms with Crippen LogP contribution in [0.15, 0.2) is 0 Å². The summed E-state index contributed by atoms with van der Waals surface area (Å²) in [5.74, 6) is -0.306. The molecule has 19 heavy (non-hydrogen) atoms. The first-order valence-corrected chi connectivity index (χ1v) is 7.29. The first-order chi connectivity index (χ1) is 9.07. The molecule has 0 bridgehead atoms. The van der Waals surface area contributed by atoms with E-state index >= 15 is 0 Å². The van der Waals surface area contributed by atoms with Gasteiger partial charge in [0.2, 0.25) is 5.91 Å². The number of nitrogens with zero attached hydrogens (tertiary/aromatic N) is 1. The van der Waals surface area contributed by atoms with Crippen molar-refractivity contribution in [2.45, 2.75) is 44.9 Å². The number of carboxylic acids is 1. The van der Waals surface area contributed by atoms with Gasteiger partial charge in [-0.2, -0.15) is 0 Å². The molecule has 0 aromatic carbocycles. The van der Waals surface area contributed by atoms with Crippen molar-refractivity contribution in [2.24, 2.45) is 17.1 Å². The summed E-state index contributed by atoms with van der Waals surface area (Å²) in [4.78, 5) is 25.2. The van der Waals surface area contributed by atoms with Gasteiger partial charge in [-0.05, 0) is 31.6 Å².